The van der Waals surface area contributed by atoms with E-state index in [1.165, 1.54) is 0 Å². The Morgan fingerprint density at radius 2 is 1.83 bits per heavy atom. The van der Waals surface area contributed by atoms with Gasteiger partial charge < -0.3 is 9.47 Å². The molecule has 0 spiro atoms. The van der Waals surface area contributed by atoms with Gasteiger partial charge in [-0.25, -0.2) is 0 Å². The minimum atomic E-state index is -4.68. The minimum Gasteiger partial charge on any atom is -0.335 e. The van der Waals surface area contributed by atoms with Gasteiger partial charge >= 0.3 is 6.18 Å². The number of halogens is 3. The molecule has 1 aliphatic rings. The Hall–Kier alpha value is -3.09. The van der Waals surface area contributed by atoms with E-state index in [4.69, 9.17) is 0 Å². The van der Waals surface area contributed by atoms with Gasteiger partial charge in [-0.2, -0.15) is 13.2 Å². The van der Waals surface area contributed by atoms with Crippen LogP contribution in [0.4, 0.5) is 13.2 Å². The zero-order chi connectivity index (χ0) is 21.5. The van der Waals surface area contributed by atoms with Crippen molar-refractivity contribution in [3.63, 3.8) is 0 Å². The number of hydrogen-bond acceptors (Lipinski definition) is 2. The van der Waals surface area contributed by atoms with Gasteiger partial charge in [-0.1, -0.05) is 29.8 Å². The van der Waals surface area contributed by atoms with Gasteiger partial charge in [-0.15, -0.1) is 0 Å². The fourth-order valence-electron chi connectivity index (χ4n) is 4.17. The number of carbonyl (C=O) groups excluding carboxylic acids is 1. The van der Waals surface area contributed by atoms with E-state index in [0.29, 0.717) is 24.6 Å². The Balaban J connectivity index is 1.78. The Morgan fingerprint density at radius 1 is 1.10 bits per heavy atom. The number of aromatic nitrogens is 1. The summed E-state index contributed by atoms with van der Waals surface area (Å²) in [6.45, 7) is 2.27. The molecular formula is C23H21F3N2O2. The van der Waals surface area contributed by atoms with Crippen LogP contribution < -0.4 is 5.43 Å². The normalized spacial score (nSPS) is 16.9. The van der Waals surface area contributed by atoms with Crippen LogP contribution in [0, 0.1) is 6.92 Å². The van der Waals surface area contributed by atoms with Crippen LogP contribution in [0.2, 0.25) is 0 Å². The van der Waals surface area contributed by atoms with Crippen molar-refractivity contribution in [2.75, 3.05) is 6.54 Å². The lowest BCUT2D eigenvalue weighted by molar-refractivity contribution is -0.143. The molecular weight excluding hydrogens is 393 g/mol. The third kappa shape index (κ3) is 3.72. The molecule has 0 bridgehead atoms. The van der Waals surface area contributed by atoms with Crippen molar-refractivity contribution in [1.29, 1.82) is 0 Å². The summed E-state index contributed by atoms with van der Waals surface area (Å²) in [5.74, 6) is -0.187. The van der Waals surface area contributed by atoms with Crippen LogP contribution in [0.1, 0.15) is 34.5 Å². The molecule has 0 radical (unpaired) electrons. The molecule has 4 rings (SSSR count). The minimum absolute atomic E-state index is 0.0206. The molecule has 0 unspecified atom stereocenters. The molecule has 4 nitrogen and oxygen atoms in total. The van der Waals surface area contributed by atoms with Crippen LogP contribution >= 0.6 is 0 Å². The predicted molar refractivity (Wildman–Crippen MR) is 108 cm³/mol. The first kappa shape index (κ1) is 20.2. The van der Waals surface area contributed by atoms with E-state index in [1.807, 2.05) is 6.07 Å². The van der Waals surface area contributed by atoms with Crippen molar-refractivity contribution in [1.82, 2.24) is 9.47 Å². The second-order valence-electron chi connectivity index (χ2n) is 7.68. The van der Waals surface area contributed by atoms with Crippen LogP contribution in [-0.2, 0) is 12.7 Å². The van der Waals surface area contributed by atoms with Crippen LogP contribution in [0.15, 0.2) is 59.4 Å². The molecule has 1 saturated heterocycles. The van der Waals surface area contributed by atoms with Crippen LogP contribution in [0.5, 0.6) is 0 Å². The number of alkyl halides is 3. The summed E-state index contributed by atoms with van der Waals surface area (Å²) in [6, 6.07) is 13.9. The molecule has 30 heavy (non-hydrogen) atoms. The molecule has 0 N–H and O–H groups in total. The van der Waals surface area contributed by atoms with Gasteiger partial charge in [-0.05, 0) is 44.0 Å². The quantitative estimate of drug-likeness (QED) is 0.627. The van der Waals surface area contributed by atoms with E-state index in [-0.39, 0.29) is 29.4 Å². The number of carbonyl (C=O) groups is 1. The van der Waals surface area contributed by atoms with Gasteiger partial charge in [0.15, 0.2) is 5.43 Å². The van der Waals surface area contributed by atoms with Gasteiger partial charge in [0.25, 0.3) is 5.91 Å². The molecule has 7 heteroatoms. The zero-order valence-electron chi connectivity index (χ0n) is 16.4. The number of pyridine rings is 1. The first-order valence-electron chi connectivity index (χ1n) is 9.83. The van der Waals surface area contributed by atoms with Crippen molar-refractivity contribution in [2.24, 2.45) is 0 Å². The van der Waals surface area contributed by atoms with Gasteiger partial charge in [0, 0.05) is 36.1 Å². The molecule has 156 valence electrons. The molecule has 0 saturated carbocycles. The van der Waals surface area contributed by atoms with Crippen LogP contribution in [0.25, 0.3) is 10.9 Å². The lowest BCUT2D eigenvalue weighted by atomic mass is 10.1. The van der Waals surface area contributed by atoms with Crippen LogP contribution in [-0.4, -0.2) is 28.0 Å². The van der Waals surface area contributed by atoms with Gasteiger partial charge in [0.2, 0.25) is 0 Å². The van der Waals surface area contributed by atoms with E-state index in [0.717, 1.165) is 16.6 Å². The lowest BCUT2D eigenvalue weighted by Gasteiger charge is -2.28. The van der Waals surface area contributed by atoms with E-state index >= 15 is 0 Å². The summed E-state index contributed by atoms with van der Waals surface area (Å²) < 4.78 is 42.5. The summed E-state index contributed by atoms with van der Waals surface area (Å²) in [5, 5.41) is 0.252. The van der Waals surface area contributed by atoms with E-state index < -0.39 is 17.3 Å². The highest BCUT2D eigenvalue weighted by Crippen LogP contribution is 2.32. The highest BCUT2D eigenvalue weighted by Gasteiger charge is 2.37. The predicted octanol–water partition coefficient (Wildman–Crippen LogP) is 4.63. The Morgan fingerprint density at radius 3 is 2.53 bits per heavy atom. The zero-order valence-corrected chi connectivity index (χ0v) is 16.4. The maximum atomic E-state index is 13.8. The third-order valence-corrected chi connectivity index (χ3v) is 5.61. The average Bonchev–Trinajstić information content (AvgIpc) is 3.17. The monoisotopic (exact) mass is 414 g/mol. The topological polar surface area (TPSA) is 42.3 Å². The van der Waals surface area contributed by atoms with E-state index in [2.05, 4.69) is 0 Å². The summed E-state index contributed by atoms with van der Waals surface area (Å²) in [7, 11) is 0. The number of likely N-dealkylation sites (tertiary alicyclic amines) is 1. The Kier molecular flexibility index (Phi) is 5.13. The number of nitrogens with zero attached hydrogens (tertiary/aromatic N) is 2. The first-order valence-corrected chi connectivity index (χ1v) is 9.83. The molecule has 1 amide bonds. The SMILES string of the molecule is Cc1ccc2c(c1)c(=O)cc(C(F)(F)F)n2C[C@H]1CCCN1C(=O)c1ccccc1. The van der Waals surface area contributed by atoms with Crippen molar-refractivity contribution >= 4 is 16.8 Å². The van der Waals surface area contributed by atoms with Crippen molar-refractivity contribution in [3.05, 3.63) is 81.6 Å². The van der Waals surface area contributed by atoms with Gasteiger partial charge in [-0.3, -0.25) is 9.59 Å². The van der Waals surface area contributed by atoms with Crippen molar-refractivity contribution < 1.29 is 18.0 Å². The molecule has 1 atom stereocenters. The smallest absolute Gasteiger partial charge is 0.335 e. The van der Waals surface area contributed by atoms with Crippen molar-refractivity contribution in [2.45, 2.75) is 38.5 Å². The van der Waals surface area contributed by atoms with Gasteiger partial charge in [0.1, 0.15) is 5.69 Å². The second-order valence-corrected chi connectivity index (χ2v) is 7.68. The highest BCUT2D eigenvalue weighted by molar-refractivity contribution is 5.94. The number of aryl methyl sites for hydroxylation is 1. The van der Waals surface area contributed by atoms with E-state index in [9.17, 15) is 22.8 Å². The molecule has 1 aromatic heterocycles. The number of benzene rings is 2. The molecule has 2 aromatic carbocycles. The molecule has 2 heterocycles. The van der Waals surface area contributed by atoms with E-state index in [1.54, 1.807) is 54.3 Å². The maximum Gasteiger partial charge on any atom is 0.431 e. The molecule has 1 aliphatic heterocycles. The number of amides is 1. The third-order valence-electron chi connectivity index (χ3n) is 5.61. The summed E-state index contributed by atoms with van der Waals surface area (Å²) in [6.07, 6.45) is -3.34. The standard InChI is InChI=1S/C23H21F3N2O2/c1-15-9-10-19-18(12-15)20(29)13-21(23(24,25)26)28(19)14-17-8-5-11-27(17)22(30)16-6-3-2-4-7-16/h2-4,6-7,9-10,12-13,17H,5,8,11,14H2,1H3/t17-/m1/s1. The number of fused-ring (bicyclic) bond motifs is 1. The Bertz CT molecular complexity index is 1150. The molecule has 1 fully saturated rings. The van der Waals surface area contributed by atoms with Gasteiger partial charge in [0.05, 0.1) is 5.52 Å². The van der Waals surface area contributed by atoms with Crippen molar-refractivity contribution in [3.8, 4) is 0 Å². The Labute approximate surface area is 171 Å². The largest absolute Gasteiger partial charge is 0.431 e. The summed E-state index contributed by atoms with van der Waals surface area (Å²) in [4.78, 5) is 27.0. The lowest BCUT2D eigenvalue weighted by Crippen LogP contribution is -2.39. The second kappa shape index (κ2) is 7.63. The molecule has 0 aliphatic carbocycles. The summed E-state index contributed by atoms with van der Waals surface area (Å²) in [5.41, 5.74) is -0.0864. The van der Waals surface area contributed by atoms with Crippen LogP contribution in [0.3, 0.4) is 0 Å². The number of hydrogen-bond donors (Lipinski definition) is 0. The highest BCUT2D eigenvalue weighted by atomic mass is 19.4. The number of rotatable bonds is 3. The first-order chi connectivity index (χ1) is 14.3. The maximum absolute atomic E-state index is 13.8. The average molecular weight is 414 g/mol. The fourth-order valence-corrected chi connectivity index (χ4v) is 4.17. The summed E-state index contributed by atoms with van der Waals surface area (Å²) >= 11 is 0. The molecule has 3 aromatic rings. The fraction of sp³-hybridized carbons (Fsp3) is 0.304.